The van der Waals surface area contributed by atoms with Crippen LogP contribution >= 0.6 is 0 Å². The predicted octanol–water partition coefficient (Wildman–Crippen LogP) is -7.45. The topological polar surface area (TPSA) is 328 Å². The Hall–Kier alpha value is -2.40. The molecule has 2 aliphatic heterocycles. The number of hydrogen-bond acceptors (Lipinski definition) is 16. The Morgan fingerprint density at radius 1 is 0.730 bits per heavy atom. The summed E-state index contributed by atoms with van der Waals surface area (Å²) in [7, 11) is 0. The Labute approximate surface area is 205 Å². The van der Waals surface area contributed by atoms with Gasteiger partial charge < -0.3 is 79.9 Å². The molecule has 0 spiro atoms. The zero-order valence-corrected chi connectivity index (χ0v) is 18.3. The molecule has 37 heavy (non-hydrogen) atoms. The van der Waals surface area contributed by atoms with Crippen LogP contribution < -0.4 is 0 Å². The average molecular weight is 546 g/mol. The van der Waals surface area contributed by atoms with Gasteiger partial charge in [-0.2, -0.15) is 0 Å². The molecule has 2 heterocycles. The number of aldehydes is 1. The maximum atomic E-state index is 11.8. The summed E-state index contributed by atoms with van der Waals surface area (Å²) in [5.74, 6) is -5.79. The molecule has 0 aromatic heterocycles. The lowest BCUT2D eigenvalue weighted by molar-refractivity contribution is -0.358. The molecule has 19 nitrogen and oxygen atoms in total. The molecule has 2 aliphatic rings. The smallest absolute Gasteiger partial charge is 0.335 e. The van der Waals surface area contributed by atoms with Gasteiger partial charge in [0.25, 0.3) is 0 Å². The molecule has 0 amide bonds. The van der Waals surface area contributed by atoms with Gasteiger partial charge in [-0.15, -0.1) is 0 Å². The van der Waals surface area contributed by atoms with Crippen molar-refractivity contribution in [2.24, 2.45) is 0 Å². The summed E-state index contributed by atoms with van der Waals surface area (Å²) in [6, 6.07) is 0. The molecule has 2 rings (SSSR count). The van der Waals surface area contributed by atoms with Crippen LogP contribution in [0.5, 0.6) is 0 Å². The molecule has 14 atom stereocenters. The summed E-state index contributed by atoms with van der Waals surface area (Å²) in [6.07, 6.45) is -32.6. The highest BCUT2D eigenvalue weighted by atomic mass is 16.7. The molecule has 19 heteroatoms. The zero-order chi connectivity index (χ0) is 28.4. The zero-order valence-electron chi connectivity index (χ0n) is 18.3. The number of rotatable bonds is 11. The van der Waals surface area contributed by atoms with Gasteiger partial charge in [-0.25, -0.2) is 14.4 Å². The van der Waals surface area contributed by atoms with Crippen LogP contribution in [0.15, 0.2) is 0 Å². The number of aliphatic carboxylic acids is 3. The van der Waals surface area contributed by atoms with Crippen molar-refractivity contribution in [3.05, 3.63) is 0 Å². The molecular weight excluding hydrogens is 520 g/mol. The maximum Gasteiger partial charge on any atom is 0.335 e. The van der Waals surface area contributed by atoms with Crippen LogP contribution in [-0.2, 0) is 38.1 Å². The highest BCUT2D eigenvalue weighted by molar-refractivity contribution is 5.74. The van der Waals surface area contributed by atoms with Crippen molar-refractivity contribution < 1.29 is 94.3 Å². The molecule has 0 bridgehead atoms. The molecule has 0 saturated carbocycles. The first kappa shape index (κ1) is 30.8. The summed E-state index contributed by atoms with van der Waals surface area (Å²) in [5, 5.41) is 107. The van der Waals surface area contributed by atoms with Gasteiger partial charge in [-0.1, -0.05) is 0 Å². The molecule has 0 aromatic rings. The largest absolute Gasteiger partial charge is 0.479 e. The van der Waals surface area contributed by atoms with Gasteiger partial charge in [0, 0.05) is 0 Å². The van der Waals surface area contributed by atoms with Gasteiger partial charge in [0.2, 0.25) is 0 Å². The third-order valence-electron chi connectivity index (χ3n) is 5.57. The van der Waals surface area contributed by atoms with E-state index in [2.05, 4.69) is 0 Å². The van der Waals surface area contributed by atoms with Gasteiger partial charge in [0.05, 0.1) is 0 Å². The van der Waals surface area contributed by atoms with Crippen LogP contribution in [0.2, 0.25) is 0 Å². The van der Waals surface area contributed by atoms with E-state index in [1.807, 2.05) is 0 Å². The fourth-order valence-corrected chi connectivity index (χ4v) is 3.53. The fraction of sp³-hybridized carbons (Fsp3) is 0.778. The molecule has 0 radical (unpaired) electrons. The van der Waals surface area contributed by atoms with Crippen molar-refractivity contribution in [2.75, 3.05) is 0 Å². The van der Waals surface area contributed by atoms with E-state index in [-0.39, 0.29) is 6.29 Å². The minimum atomic E-state index is -2.67. The van der Waals surface area contributed by atoms with Crippen LogP contribution in [0.25, 0.3) is 0 Å². The maximum absolute atomic E-state index is 11.8. The first-order valence-electron chi connectivity index (χ1n) is 10.3. The summed E-state index contributed by atoms with van der Waals surface area (Å²) >= 11 is 0. The second-order valence-electron chi connectivity index (χ2n) is 8.08. The standard InChI is InChI=1S/C18H26O19/c19-1-2(20)3(21)10(9(27)14(28)29)34-18-8(26)6(24)11(13(37-18)16(32)33)35-17-7(25)4(22)5(23)12(36-17)15(30)31/h1-13,17-18,20-27H,(H,28,29)(H,30,31)(H,32,33)/t2-,3-,4-,5+,6-,7-,8-,9-,10+,11+,12-,13+,17+,18-/m0/s1. The van der Waals surface area contributed by atoms with Gasteiger partial charge in [-0.3, -0.25) is 0 Å². The van der Waals surface area contributed by atoms with Crippen molar-refractivity contribution in [2.45, 2.75) is 85.8 Å². The molecule has 0 aromatic carbocycles. The van der Waals surface area contributed by atoms with Crippen molar-refractivity contribution >= 4 is 24.2 Å². The molecule has 212 valence electrons. The Kier molecular flexibility index (Phi) is 10.4. The van der Waals surface area contributed by atoms with Gasteiger partial charge in [0.1, 0.15) is 54.9 Å². The molecule has 0 aliphatic carbocycles. The molecule has 11 N–H and O–H groups in total. The number of carboxylic acids is 3. The minimum absolute atomic E-state index is 0.252. The normalized spacial score (nSPS) is 39.7. The monoisotopic (exact) mass is 546 g/mol. The van der Waals surface area contributed by atoms with E-state index < -0.39 is 104 Å². The number of carbonyl (C=O) groups excluding carboxylic acids is 1. The van der Waals surface area contributed by atoms with Gasteiger partial charge in [-0.05, 0) is 0 Å². The molecule has 2 fully saturated rings. The van der Waals surface area contributed by atoms with Crippen LogP contribution in [0.1, 0.15) is 0 Å². The van der Waals surface area contributed by atoms with Crippen LogP contribution in [0.4, 0.5) is 0 Å². The first-order chi connectivity index (χ1) is 17.1. The second kappa shape index (κ2) is 12.4. The summed E-state index contributed by atoms with van der Waals surface area (Å²) in [6.45, 7) is 0. The van der Waals surface area contributed by atoms with Gasteiger partial charge >= 0.3 is 17.9 Å². The number of ether oxygens (including phenoxy) is 4. The molecule has 0 unspecified atom stereocenters. The summed E-state index contributed by atoms with van der Waals surface area (Å²) in [5.41, 5.74) is 0. The lowest BCUT2D eigenvalue weighted by Crippen LogP contribution is -2.66. The fourth-order valence-electron chi connectivity index (χ4n) is 3.53. The van der Waals surface area contributed by atoms with Crippen LogP contribution in [0.3, 0.4) is 0 Å². The second-order valence-corrected chi connectivity index (χ2v) is 8.08. The van der Waals surface area contributed by atoms with E-state index in [0.717, 1.165) is 0 Å². The Balaban J connectivity index is 2.30. The lowest BCUT2D eigenvalue weighted by atomic mass is 9.96. The predicted molar refractivity (Wildman–Crippen MR) is 104 cm³/mol. The Morgan fingerprint density at radius 2 is 1.24 bits per heavy atom. The number of carbonyl (C=O) groups is 4. The van der Waals surface area contributed by atoms with E-state index in [1.54, 1.807) is 0 Å². The van der Waals surface area contributed by atoms with Crippen molar-refractivity contribution in [1.29, 1.82) is 0 Å². The average Bonchev–Trinajstić information content (AvgIpc) is 2.84. The highest BCUT2D eigenvalue weighted by Crippen LogP contribution is 2.31. The Morgan fingerprint density at radius 3 is 1.73 bits per heavy atom. The van der Waals surface area contributed by atoms with E-state index in [4.69, 9.17) is 29.2 Å². The lowest BCUT2D eigenvalue weighted by Gasteiger charge is -2.45. The van der Waals surface area contributed by atoms with Gasteiger partial charge in [0.15, 0.2) is 37.2 Å². The van der Waals surface area contributed by atoms with Crippen molar-refractivity contribution in [1.82, 2.24) is 0 Å². The van der Waals surface area contributed by atoms with E-state index in [1.165, 1.54) is 0 Å². The van der Waals surface area contributed by atoms with Crippen molar-refractivity contribution in [3.8, 4) is 0 Å². The van der Waals surface area contributed by atoms with E-state index in [0.29, 0.717) is 0 Å². The van der Waals surface area contributed by atoms with Crippen LogP contribution in [-0.4, -0.2) is 166 Å². The highest BCUT2D eigenvalue weighted by Gasteiger charge is 2.55. The SMILES string of the molecule is O=C[C@H](O)[C@H](O)[C@@H](O[C@H]1O[C@@H](C(=O)O)[C@H](O[C@@H]2O[C@H](C(=O)O)[C@H](O)[C@H](O)[C@@H]2O)[C@@H](O)[C@@H]1O)[C@H](O)C(=O)O. The minimum Gasteiger partial charge on any atom is -0.479 e. The molecule has 2 saturated heterocycles. The number of aliphatic hydroxyl groups is 8. The van der Waals surface area contributed by atoms with Crippen LogP contribution in [0, 0.1) is 0 Å². The summed E-state index contributed by atoms with van der Waals surface area (Å²) < 4.78 is 19.8. The quantitative estimate of drug-likeness (QED) is 0.107. The third kappa shape index (κ3) is 6.54. The molecular formula is C18H26O19. The number of aliphatic hydroxyl groups excluding tert-OH is 8. The van der Waals surface area contributed by atoms with E-state index >= 15 is 0 Å². The number of hydrogen-bond donors (Lipinski definition) is 11. The van der Waals surface area contributed by atoms with Crippen molar-refractivity contribution in [3.63, 3.8) is 0 Å². The first-order valence-corrected chi connectivity index (χ1v) is 10.3. The number of carboxylic acid groups (broad SMARTS) is 3. The van der Waals surface area contributed by atoms with E-state index in [9.17, 15) is 65.1 Å². The Bertz CT molecular complexity index is 836. The third-order valence-corrected chi connectivity index (χ3v) is 5.57. The summed E-state index contributed by atoms with van der Waals surface area (Å²) in [4.78, 5) is 44.9.